The third kappa shape index (κ3) is 3.43. The van der Waals surface area contributed by atoms with Crippen LogP contribution in [0.2, 0.25) is 16.6 Å². The van der Waals surface area contributed by atoms with Crippen molar-refractivity contribution in [3.63, 3.8) is 0 Å². The van der Waals surface area contributed by atoms with Gasteiger partial charge < -0.3 is 0 Å². The molecule has 0 radical (unpaired) electrons. The molecule has 0 amide bonds. The van der Waals surface area contributed by atoms with Crippen LogP contribution in [0.3, 0.4) is 0 Å². The van der Waals surface area contributed by atoms with Gasteiger partial charge >= 0.3 is 0 Å². The Kier molecular flexibility index (Phi) is 6.54. The van der Waals surface area contributed by atoms with Gasteiger partial charge in [-0.1, -0.05) is 54.4 Å². The largest absolute Gasteiger partial charge is 0.147 e. The van der Waals surface area contributed by atoms with E-state index in [1.165, 1.54) is 0 Å². The molecule has 0 spiro atoms. The molecule has 0 aromatic carbocycles. The Balaban J connectivity index is 5.26. The summed E-state index contributed by atoms with van der Waals surface area (Å²) in [6.07, 6.45) is 0.897. The number of hydrogen-bond donors (Lipinski definition) is 0. The van der Waals surface area contributed by atoms with E-state index in [1.807, 2.05) is 0 Å². The Labute approximate surface area is 103 Å². The Hall–Kier alpha value is -0.663. The van der Waals surface area contributed by atoms with Crippen molar-refractivity contribution in [1.82, 2.24) is 0 Å². The van der Waals surface area contributed by atoms with Crippen LogP contribution in [0.5, 0.6) is 0 Å². The van der Waals surface area contributed by atoms with Gasteiger partial charge in [0.05, 0.1) is 0 Å². The molecule has 0 fully saturated rings. The molecule has 16 heavy (non-hydrogen) atoms. The topological polar surface area (TPSA) is 0 Å². The predicted octanol–water partition coefficient (Wildman–Crippen LogP) is 4.62. The zero-order valence-corrected chi connectivity index (χ0v) is 12.9. The summed E-state index contributed by atoms with van der Waals surface area (Å²) in [6.45, 7) is 16.0. The maximum atomic E-state index is 3.58. The molecule has 0 aliphatic rings. The molecule has 0 rings (SSSR count). The summed E-state index contributed by atoms with van der Waals surface area (Å²) in [5, 5.41) is 0. The lowest BCUT2D eigenvalue weighted by Gasteiger charge is -2.37. The molecule has 0 heterocycles. The minimum absolute atomic E-state index is 0.698. The fourth-order valence-electron chi connectivity index (χ4n) is 2.71. The Bertz CT molecular complexity index is 293. The van der Waals surface area contributed by atoms with Crippen molar-refractivity contribution in [2.75, 3.05) is 0 Å². The van der Waals surface area contributed by atoms with Crippen molar-refractivity contribution in [2.24, 2.45) is 0 Å². The molecule has 0 saturated heterocycles. The van der Waals surface area contributed by atoms with Crippen molar-refractivity contribution >= 4 is 8.07 Å². The second-order valence-electron chi connectivity index (χ2n) is 5.30. The summed E-state index contributed by atoms with van der Waals surface area (Å²) >= 11 is 0. The van der Waals surface area contributed by atoms with E-state index in [4.69, 9.17) is 0 Å². The fraction of sp³-hybridized carbons (Fsp3) is 0.733. The molecule has 0 N–H and O–H groups in total. The van der Waals surface area contributed by atoms with E-state index >= 15 is 0 Å². The van der Waals surface area contributed by atoms with E-state index in [1.54, 1.807) is 0 Å². The van der Waals surface area contributed by atoms with Crippen molar-refractivity contribution in [3.8, 4) is 23.3 Å². The Morgan fingerprint density at radius 3 is 1.56 bits per heavy atom. The molecule has 0 aliphatic carbocycles. The van der Waals surface area contributed by atoms with Crippen molar-refractivity contribution in [2.45, 2.75) is 71.5 Å². The third-order valence-corrected chi connectivity index (χ3v) is 9.76. The van der Waals surface area contributed by atoms with Gasteiger partial charge in [0, 0.05) is 6.42 Å². The molecule has 1 heteroatoms. The summed E-state index contributed by atoms with van der Waals surface area (Å²) in [7, 11) is -1.54. The van der Waals surface area contributed by atoms with Gasteiger partial charge in [-0.3, -0.25) is 0 Å². The van der Waals surface area contributed by atoms with E-state index in [0.29, 0.717) is 16.6 Å². The van der Waals surface area contributed by atoms with Crippen LogP contribution in [0, 0.1) is 23.3 Å². The van der Waals surface area contributed by atoms with E-state index < -0.39 is 8.07 Å². The molecule has 0 bridgehead atoms. The van der Waals surface area contributed by atoms with Gasteiger partial charge in [0.25, 0.3) is 0 Å². The molecule has 0 saturated carbocycles. The van der Waals surface area contributed by atoms with Crippen LogP contribution in [-0.4, -0.2) is 8.07 Å². The van der Waals surface area contributed by atoms with Gasteiger partial charge in [0.2, 0.25) is 0 Å². The highest BCUT2D eigenvalue weighted by Gasteiger charge is 2.41. The molecular formula is C15H26Si. The summed E-state index contributed by atoms with van der Waals surface area (Å²) in [5.41, 5.74) is 5.67. The first kappa shape index (κ1) is 15.3. The first-order chi connectivity index (χ1) is 7.39. The number of rotatable bonds is 3. The van der Waals surface area contributed by atoms with Crippen molar-refractivity contribution < 1.29 is 0 Å². The third-order valence-electron chi connectivity index (χ3n) is 3.47. The molecule has 0 aliphatic heterocycles. The van der Waals surface area contributed by atoms with Crippen LogP contribution in [0.4, 0.5) is 0 Å². The van der Waals surface area contributed by atoms with Gasteiger partial charge in [-0.25, -0.2) is 0 Å². The zero-order valence-electron chi connectivity index (χ0n) is 11.9. The highest BCUT2D eigenvalue weighted by molar-refractivity contribution is 6.90. The highest BCUT2D eigenvalue weighted by atomic mass is 28.3. The minimum atomic E-state index is -1.54. The fourth-order valence-corrected chi connectivity index (χ4v) is 7.85. The molecule has 0 aromatic rings. The van der Waals surface area contributed by atoms with Gasteiger partial charge in [-0.2, -0.15) is 0 Å². The maximum Gasteiger partial charge on any atom is 0.147 e. The van der Waals surface area contributed by atoms with Crippen molar-refractivity contribution in [3.05, 3.63) is 0 Å². The molecule has 0 nitrogen and oxygen atoms in total. The molecule has 90 valence electrons. The molecule has 0 atom stereocenters. The maximum absolute atomic E-state index is 3.58. The van der Waals surface area contributed by atoms with Crippen LogP contribution in [-0.2, 0) is 0 Å². The van der Waals surface area contributed by atoms with Crippen LogP contribution < -0.4 is 0 Å². The van der Waals surface area contributed by atoms with Gasteiger partial charge in [0.15, 0.2) is 0 Å². The Morgan fingerprint density at radius 2 is 1.25 bits per heavy atom. The van der Waals surface area contributed by atoms with E-state index in [9.17, 15) is 0 Å². The summed E-state index contributed by atoms with van der Waals surface area (Å²) < 4.78 is 0. The van der Waals surface area contributed by atoms with Crippen LogP contribution in [0.1, 0.15) is 54.9 Å². The highest BCUT2D eigenvalue weighted by Crippen LogP contribution is 2.40. The predicted molar refractivity (Wildman–Crippen MR) is 76.9 cm³/mol. The number of hydrogen-bond acceptors (Lipinski definition) is 0. The monoisotopic (exact) mass is 234 g/mol. The first-order valence-electron chi connectivity index (χ1n) is 6.39. The summed E-state index contributed by atoms with van der Waals surface area (Å²) in [6, 6.07) is 0. The first-order valence-corrected chi connectivity index (χ1v) is 8.62. The second kappa shape index (κ2) is 6.82. The van der Waals surface area contributed by atoms with Gasteiger partial charge in [-0.05, 0) is 28.5 Å². The molecule has 0 unspecified atom stereocenters. The SMILES string of the molecule is CCC#CC#C[Si](C(C)C)(C(C)C)C(C)C. The van der Waals surface area contributed by atoms with Gasteiger partial charge in [-0.15, -0.1) is 5.54 Å². The van der Waals surface area contributed by atoms with Crippen molar-refractivity contribution in [1.29, 1.82) is 0 Å². The van der Waals surface area contributed by atoms with Gasteiger partial charge in [0.1, 0.15) is 8.07 Å². The smallest absolute Gasteiger partial charge is 0.116 e. The summed E-state index contributed by atoms with van der Waals surface area (Å²) in [4.78, 5) is 0. The average molecular weight is 234 g/mol. The normalized spacial score (nSPS) is 11.1. The lowest BCUT2D eigenvalue weighted by Crippen LogP contribution is -2.43. The van der Waals surface area contributed by atoms with Crippen LogP contribution >= 0.6 is 0 Å². The van der Waals surface area contributed by atoms with E-state index in [0.717, 1.165) is 6.42 Å². The zero-order chi connectivity index (χ0) is 12.8. The lowest BCUT2D eigenvalue weighted by atomic mass is 10.5. The molecular weight excluding hydrogens is 208 g/mol. The van der Waals surface area contributed by atoms with E-state index in [-0.39, 0.29) is 0 Å². The van der Waals surface area contributed by atoms with E-state index in [2.05, 4.69) is 71.8 Å². The molecule has 0 aromatic heterocycles. The Morgan fingerprint density at radius 1 is 0.812 bits per heavy atom. The standard InChI is InChI=1S/C15H26Si/c1-8-9-10-11-12-16(13(2)3,14(4)5)15(6)7/h13-15H,8H2,1-7H3. The minimum Gasteiger partial charge on any atom is -0.116 e. The van der Waals surface area contributed by atoms with Crippen LogP contribution in [0.25, 0.3) is 0 Å². The average Bonchev–Trinajstić information content (AvgIpc) is 2.16. The lowest BCUT2D eigenvalue weighted by molar-refractivity contribution is 0.838. The quantitative estimate of drug-likeness (QED) is 0.494. The summed E-state index contributed by atoms with van der Waals surface area (Å²) in [5.74, 6) is 9.14. The van der Waals surface area contributed by atoms with Crippen LogP contribution in [0.15, 0.2) is 0 Å². The second-order valence-corrected chi connectivity index (χ2v) is 10.9.